The minimum absolute atomic E-state index is 0.0811. The smallest absolute Gasteiger partial charge is 0.276 e. The van der Waals surface area contributed by atoms with Crippen molar-refractivity contribution in [2.45, 2.75) is 25.4 Å². The molecule has 0 aliphatic carbocycles. The number of aromatic nitrogens is 2. The summed E-state index contributed by atoms with van der Waals surface area (Å²) in [6.07, 6.45) is 0.932. The van der Waals surface area contributed by atoms with Gasteiger partial charge >= 0.3 is 0 Å². The van der Waals surface area contributed by atoms with Crippen LogP contribution in [0.1, 0.15) is 18.1 Å². The molecule has 1 amide bonds. The predicted octanol–water partition coefficient (Wildman–Crippen LogP) is 5.19. The van der Waals surface area contributed by atoms with Crippen LogP contribution in [0, 0.1) is 12.7 Å². The van der Waals surface area contributed by atoms with Gasteiger partial charge in [0.05, 0.1) is 17.0 Å². The van der Waals surface area contributed by atoms with E-state index in [2.05, 4.69) is 17.2 Å². The third-order valence-electron chi connectivity index (χ3n) is 4.83. The first-order valence-electron chi connectivity index (χ1n) is 9.74. The zero-order chi connectivity index (χ0) is 22.0. The third-order valence-corrected chi connectivity index (χ3v) is 6.66. The van der Waals surface area contributed by atoms with E-state index in [1.54, 1.807) is 30.5 Å². The molecule has 2 aromatic heterocycles. The average Bonchev–Trinajstić information content (AvgIpc) is 3.24. The minimum Gasteiger partial charge on any atom is -0.325 e. The number of nitrogens with one attached hydrogen (secondary N) is 1. The van der Waals surface area contributed by atoms with Crippen LogP contribution in [0.4, 0.5) is 10.1 Å². The largest absolute Gasteiger partial charge is 0.325 e. The minimum atomic E-state index is -0.343. The Morgan fingerprint density at radius 1 is 1.19 bits per heavy atom. The second kappa shape index (κ2) is 9.03. The van der Waals surface area contributed by atoms with Gasteiger partial charge in [0.1, 0.15) is 10.5 Å². The van der Waals surface area contributed by atoms with Crippen molar-refractivity contribution in [3.63, 3.8) is 0 Å². The number of fused-ring (bicyclic) bond motifs is 1. The van der Waals surface area contributed by atoms with Gasteiger partial charge in [-0.1, -0.05) is 30.8 Å². The van der Waals surface area contributed by atoms with E-state index in [1.165, 1.54) is 39.3 Å². The molecule has 0 aliphatic rings. The molecule has 0 aliphatic heterocycles. The van der Waals surface area contributed by atoms with Gasteiger partial charge in [0.15, 0.2) is 5.16 Å². The summed E-state index contributed by atoms with van der Waals surface area (Å²) in [6, 6.07) is 14.0. The summed E-state index contributed by atoms with van der Waals surface area (Å²) in [7, 11) is 0. The average molecular weight is 454 g/mol. The molecule has 4 rings (SSSR count). The maximum Gasteiger partial charge on any atom is 0.276 e. The monoisotopic (exact) mass is 453 g/mol. The summed E-state index contributed by atoms with van der Waals surface area (Å²) in [5, 5.41) is 5.06. The van der Waals surface area contributed by atoms with E-state index in [0.29, 0.717) is 26.6 Å². The first kappa shape index (κ1) is 21.3. The lowest BCUT2D eigenvalue weighted by molar-refractivity contribution is -0.113. The summed E-state index contributed by atoms with van der Waals surface area (Å²) >= 11 is 2.48. The number of rotatable bonds is 6. The molecule has 0 spiro atoms. The van der Waals surface area contributed by atoms with E-state index in [1.807, 2.05) is 24.3 Å². The molecule has 31 heavy (non-hydrogen) atoms. The molecule has 0 saturated heterocycles. The van der Waals surface area contributed by atoms with Crippen LogP contribution < -0.4 is 10.9 Å². The Hall–Kier alpha value is -2.97. The van der Waals surface area contributed by atoms with Crippen LogP contribution in [0.5, 0.6) is 0 Å². The number of hydrogen-bond donors (Lipinski definition) is 1. The number of benzene rings is 2. The molecule has 0 bridgehead atoms. The van der Waals surface area contributed by atoms with Crippen LogP contribution in [0.25, 0.3) is 15.9 Å². The van der Waals surface area contributed by atoms with Crippen molar-refractivity contribution in [1.29, 1.82) is 0 Å². The maximum absolute atomic E-state index is 13.8. The van der Waals surface area contributed by atoms with Crippen LogP contribution in [-0.4, -0.2) is 21.2 Å². The quantitative estimate of drug-likeness (QED) is 0.322. The van der Waals surface area contributed by atoms with E-state index < -0.39 is 0 Å². The van der Waals surface area contributed by atoms with Gasteiger partial charge in [0.2, 0.25) is 5.91 Å². The molecule has 0 atom stereocenters. The Kier molecular flexibility index (Phi) is 6.20. The summed E-state index contributed by atoms with van der Waals surface area (Å²) in [5.74, 6) is -0.460. The molecule has 158 valence electrons. The standard InChI is InChI=1S/C23H20FN3O2S2/c1-3-15-4-6-16(7-5-15)25-20(28)13-31-23-26-19-10-11-30-21(19)22(29)27(23)17-8-9-18(24)14(2)12-17/h4-12H,3,13H2,1-2H3,(H,25,28). The highest BCUT2D eigenvalue weighted by molar-refractivity contribution is 7.99. The number of aryl methyl sites for hydroxylation is 2. The van der Waals surface area contributed by atoms with Gasteiger partial charge in [-0.25, -0.2) is 9.37 Å². The number of thiophene rings is 1. The van der Waals surface area contributed by atoms with Crippen LogP contribution in [0.2, 0.25) is 0 Å². The molecule has 0 fully saturated rings. The predicted molar refractivity (Wildman–Crippen MR) is 125 cm³/mol. The second-order valence-corrected chi connectivity index (χ2v) is 8.85. The first-order chi connectivity index (χ1) is 15.0. The number of carbonyl (C=O) groups is 1. The molecule has 1 N–H and O–H groups in total. The van der Waals surface area contributed by atoms with E-state index in [9.17, 15) is 14.0 Å². The summed E-state index contributed by atoms with van der Waals surface area (Å²) < 4.78 is 15.7. The number of amides is 1. The van der Waals surface area contributed by atoms with E-state index in [4.69, 9.17) is 0 Å². The fourth-order valence-electron chi connectivity index (χ4n) is 3.14. The Bertz CT molecular complexity index is 1310. The molecule has 0 unspecified atom stereocenters. The molecular formula is C23H20FN3O2S2. The number of anilines is 1. The molecule has 4 aromatic rings. The molecule has 2 aromatic carbocycles. The lowest BCUT2D eigenvalue weighted by Gasteiger charge is -2.13. The Morgan fingerprint density at radius 3 is 2.68 bits per heavy atom. The number of carbonyl (C=O) groups excluding carboxylic acids is 1. The molecule has 5 nitrogen and oxygen atoms in total. The maximum atomic E-state index is 13.8. The van der Waals surface area contributed by atoms with Gasteiger partial charge in [-0.15, -0.1) is 11.3 Å². The van der Waals surface area contributed by atoms with Crippen molar-refractivity contribution >= 4 is 44.9 Å². The zero-order valence-corrected chi connectivity index (χ0v) is 18.6. The van der Waals surface area contributed by atoms with E-state index >= 15 is 0 Å². The van der Waals surface area contributed by atoms with Crippen LogP contribution in [0.15, 0.2) is 63.9 Å². The summed E-state index contributed by atoms with van der Waals surface area (Å²) in [4.78, 5) is 30.2. The molecular weight excluding hydrogens is 433 g/mol. The molecule has 0 saturated carbocycles. The van der Waals surface area contributed by atoms with Crippen molar-refractivity contribution in [2.24, 2.45) is 0 Å². The highest BCUT2D eigenvalue weighted by atomic mass is 32.2. The van der Waals surface area contributed by atoms with Crippen molar-refractivity contribution < 1.29 is 9.18 Å². The SMILES string of the molecule is CCc1ccc(NC(=O)CSc2nc3ccsc3c(=O)n2-c2ccc(F)c(C)c2)cc1. The Morgan fingerprint density at radius 2 is 1.97 bits per heavy atom. The van der Waals surface area contributed by atoms with Crippen LogP contribution >= 0.6 is 23.1 Å². The van der Waals surface area contributed by atoms with Crippen LogP contribution in [-0.2, 0) is 11.2 Å². The van der Waals surface area contributed by atoms with Gasteiger partial charge in [-0.05, 0) is 66.2 Å². The number of thioether (sulfide) groups is 1. The van der Waals surface area contributed by atoms with Gasteiger partial charge in [-0.2, -0.15) is 0 Å². The third kappa shape index (κ3) is 4.55. The van der Waals surface area contributed by atoms with E-state index in [-0.39, 0.29) is 23.0 Å². The molecule has 2 heterocycles. The van der Waals surface area contributed by atoms with Crippen molar-refractivity contribution in [3.05, 3.63) is 81.2 Å². The zero-order valence-electron chi connectivity index (χ0n) is 17.0. The summed E-state index contributed by atoms with van der Waals surface area (Å²) in [5.41, 5.74) is 3.21. The van der Waals surface area contributed by atoms with Gasteiger partial charge in [-0.3, -0.25) is 14.2 Å². The summed E-state index contributed by atoms with van der Waals surface area (Å²) in [6.45, 7) is 3.72. The lowest BCUT2D eigenvalue weighted by Crippen LogP contribution is -2.22. The van der Waals surface area contributed by atoms with Gasteiger partial charge < -0.3 is 5.32 Å². The van der Waals surface area contributed by atoms with Gasteiger partial charge in [0.25, 0.3) is 5.56 Å². The number of hydrogen-bond acceptors (Lipinski definition) is 5. The van der Waals surface area contributed by atoms with Crippen molar-refractivity contribution in [1.82, 2.24) is 9.55 Å². The fourth-order valence-corrected chi connectivity index (χ4v) is 4.71. The van der Waals surface area contributed by atoms with Crippen molar-refractivity contribution in [3.8, 4) is 5.69 Å². The second-order valence-electron chi connectivity index (χ2n) is 6.99. The first-order valence-corrected chi connectivity index (χ1v) is 11.6. The van der Waals surface area contributed by atoms with E-state index in [0.717, 1.165) is 12.1 Å². The number of nitrogens with zero attached hydrogens (tertiary/aromatic N) is 2. The topological polar surface area (TPSA) is 64.0 Å². The Labute approximate surface area is 187 Å². The number of halogens is 1. The van der Waals surface area contributed by atoms with Gasteiger partial charge in [0, 0.05) is 5.69 Å². The molecule has 0 radical (unpaired) electrons. The highest BCUT2D eigenvalue weighted by Crippen LogP contribution is 2.25. The van der Waals surface area contributed by atoms with Crippen LogP contribution in [0.3, 0.4) is 0 Å². The fraction of sp³-hybridized carbons (Fsp3) is 0.174. The molecule has 8 heteroatoms. The highest BCUT2D eigenvalue weighted by Gasteiger charge is 2.16. The lowest BCUT2D eigenvalue weighted by atomic mass is 10.1. The Balaban J connectivity index is 1.62. The normalized spacial score (nSPS) is 11.1. The van der Waals surface area contributed by atoms with Crippen molar-refractivity contribution in [2.75, 3.05) is 11.1 Å².